The van der Waals surface area contributed by atoms with Crippen LogP contribution in [0.25, 0.3) is 5.57 Å². The topological polar surface area (TPSA) is 15.3 Å². The van der Waals surface area contributed by atoms with Crippen molar-refractivity contribution in [2.45, 2.75) is 24.3 Å². The monoisotopic (exact) mass is 302 g/mol. The van der Waals surface area contributed by atoms with Crippen LogP contribution in [0.4, 0.5) is 5.69 Å². The molecule has 0 saturated heterocycles. The maximum Gasteiger partial charge on any atom is 0.0382 e. The van der Waals surface area contributed by atoms with Crippen molar-refractivity contribution in [1.82, 2.24) is 4.90 Å². The highest BCUT2D eigenvalue weighted by atomic mass is 15.1. The Hall–Kier alpha value is -2.06. The molecule has 0 fully saturated rings. The fourth-order valence-electron chi connectivity index (χ4n) is 4.75. The molecule has 2 heterocycles. The summed E-state index contributed by atoms with van der Waals surface area (Å²) in [5, 5.41) is 3.60. The van der Waals surface area contributed by atoms with E-state index in [0.717, 1.165) is 13.1 Å². The van der Waals surface area contributed by atoms with Crippen LogP contribution in [-0.4, -0.2) is 31.1 Å². The van der Waals surface area contributed by atoms with Gasteiger partial charge in [-0.2, -0.15) is 0 Å². The highest BCUT2D eigenvalue weighted by Crippen LogP contribution is 2.49. The molecule has 1 aliphatic carbocycles. The van der Waals surface area contributed by atoms with E-state index in [4.69, 9.17) is 0 Å². The fourth-order valence-corrected chi connectivity index (χ4v) is 4.75. The van der Waals surface area contributed by atoms with E-state index in [9.17, 15) is 0 Å². The highest BCUT2D eigenvalue weighted by Gasteiger charge is 2.39. The molecule has 0 radical (unpaired) electrons. The SMILES string of the molecule is CN1C[C@@H](c2ccccc2)C=C2c3cccc4c3[C@@H](CN4)C[C@H]21. The van der Waals surface area contributed by atoms with Gasteiger partial charge in [-0.05, 0) is 41.8 Å². The molecule has 116 valence electrons. The van der Waals surface area contributed by atoms with Gasteiger partial charge in [0.1, 0.15) is 0 Å². The number of hydrogen-bond acceptors (Lipinski definition) is 2. The fraction of sp³-hybridized carbons (Fsp3) is 0.333. The van der Waals surface area contributed by atoms with Crippen LogP contribution in [0.2, 0.25) is 0 Å². The van der Waals surface area contributed by atoms with E-state index in [1.807, 2.05) is 0 Å². The summed E-state index contributed by atoms with van der Waals surface area (Å²) in [4.78, 5) is 2.57. The van der Waals surface area contributed by atoms with Gasteiger partial charge >= 0.3 is 0 Å². The molecule has 2 aromatic carbocycles. The average Bonchev–Trinajstić information content (AvgIpc) is 3.01. The third kappa shape index (κ3) is 1.98. The van der Waals surface area contributed by atoms with E-state index in [2.05, 4.69) is 71.9 Å². The number of fused-ring (bicyclic) bond motifs is 2. The Balaban J connectivity index is 1.65. The van der Waals surface area contributed by atoms with E-state index in [1.165, 1.54) is 23.2 Å². The van der Waals surface area contributed by atoms with Crippen LogP contribution >= 0.6 is 0 Å². The minimum Gasteiger partial charge on any atom is -0.384 e. The number of rotatable bonds is 1. The molecule has 23 heavy (non-hydrogen) atoms. The summed E-state index contributed by atoms with van der Waals surface area (Å²) in [6.45, 7) is 2.22. The van der Waals surface area contributed by atoms with Crippen LogP contribution in [0.5, 0.6) is 0 Å². The molecule has 2 aromatic rings. The van der Waals surface area contributed by atoms with Gasteiger partial charge in [0.05, 0.1) is 0 Å². The summed E-state index contributed by atoms with van der Waals surface area (Å²) < 4.78 is 0. The molecular weight excluding hydrogens is 280 g/mol. The zero-order valence-electron chi connectivity index (χ0n) is 13.5. The van der Waals surface area contributed by atoms with Crippen LogP contribution in [0, 0.1) is 0 Å². The summed E-state index contributed by atoms with van der Waals surface area (Å²) in [7, 11) is 2.30. The second kappa shape index (κ2) is 4.97. The summed E-state index contributed by atoms with van der Waals surface area (Å²) in [5.41, 5.74) is 7.39. The molecule has 3 atom stereocenters. The standard InChI is InChI=1S/C21H22N2/c1-23-13-16(14-6-3-2-4-7-14)10-18-17-8-5-9-19-21(17)15(12-22-19)11-20(18)23/h2-10,15-16,20,22H,11-13H2,1H3/t15-,16+,20-/m1/s1. The van der Waals surface area contributed by atoms with Crippen molar-refractivity contribution in [1.29, 1.82) is 0 Å². The van der Waals surface area contributed by atoms with Gasteiger partial charge in [-0.25, -0.2) is 0 Å². The molecular formula is C21H22N2. The van der Waals surface area contributed by atoms with E-state index in [1.54, 1.807) is 11.1 Å². The Kier molecular flexibility index (Phi) is 2.89. The Morgan fingerprint density at radius 1 is 1.04 bits per heavy atom. The molecule has 2 nitrogen and oxygen atoms in total. The van der Waals surface area contributed by atoms with Crippen molar-refractivity contribution >= 4 is 11.3 Å². The van der Waals surface area contributed by atoms with Gasteiger partial charge in [-0.1, -0.05) is 48.5 Å². The number of nitrogens with zero attached hydrogens (tertiary/aromatic N) is 1. The van der Waals surface area contributed by atoms with Crippen LogP contribution in [-0.2, 0) is 0 Å². The zero-order chi connectivity index (χ0) is 15.4. The third-order valence-electron chi connectivity index (χ3n) is 5.86. The number of nitrogens with one attached hydrogen (secondary N) is 1. The molecule has 2 aliphatic heterocycles. The molecule has 0 unspecified atom stereocenters. The van der Waals surface area contributed by atoms with E-state index < -0.39 is 0 Å². The lowest BCUT2D eigenvalue weighted by atomic mass is 9.74. The predicted molar refractivity (Wildman–Crippen MR) is 95.9 cm³/mol. The first-order chi connectivity index (χ1) is 11.3. The largest absolute Gasteiger partial charge is 0.384 e. The van der Waals surface area contributed by atoms with Crippen molar-refractivity contribution in [3.05, 3.63) is 71.3 Å². The maximum atomic E-state index is 3.60. The third-order valence-corrected chi connectivity index (χ3v) is 5.86. The summed E-state index contributed by atoms with van der Waals surface area (Å²) >= 11 is 0. The molecule has 2 heteroatoms. The summed E-state index contributed by atoms with van der Waals surface area (Å²) in [6.07, 6.45) is 3.80. The highest BCUT2D eigenvalue weighted by molar-refractivity contribution is 5.81. The van der Waals surface area contributed by atoms with Gasteiger partial charge in [-0.3, -0.25) is 4.90 Å². The molecule has 0 bridgehead atoms. The predicted octanol–water partition coefficient (Wildman–Crippen LogP) is 4.08. The van der Waals surface area contributed by atoms with Crippen LogP contribution in [0.1, 0.15) is 34.9 Å². The Morgan fingerprint density at radius 3 is 2.78 bits per heavy atom. The molecule has 1 N–H and O–H groups in total. The van der Waals surface area contributed by atoms with E-state index >= 15 is 0 Å². The molecule has 5 rings (SSSR count). The minimum absolute atomic E-state index is 0.495. The number of benzene rings is 2. The van der Waals surface area contributed by atoms with Crippen molar-refractivity contribution < 1.29 is 0 Å². The second-order valence-electron chi connectivity index (χ2n) is 7.17. The lowest BCUT2D eigenvalue weighted by Crippen LogP contribution is -2.42. The van der Waals surface area contributed by atoms with Crippen molar-refractivity contribution in [2.75, 3.05) is 25.5 Å². The van der Waals surface area contributed by atoms with Gasteiger partial charge in [0, 0.05) is 36.7 Å². The maximum absolute atomic E-state index is 3.60. The quantitative estimate of drug-likeness (QED) is 0.854. The molecule has 0 aromatic heterocycles. The van der Waals surface area contributed by atoms with Crippen LogP contribution < -0.4 is 5.32 Å². The Morgan fingerprint density at radius 2 is 1.91 bits per heavy atom. The molecule has 0 saturated carbocycles. The first-order valence-corrected chi connectivity index (χ1v) is 8.65. The second-order valence-corrected chi connectivity index (χ2v) is 7.17. The minimum atomic E-state index is 0.495. The van der Waals surface area contributed by atoms with Crippen LogP contribution in [0.3, 0.4) is 0 Å². The van der Waals surface area contributed by atoms with Gasteiger partial charge < -0.3 is 5.32 Å². The van der Waals surface area contributed by atoms with Crippen molar-refractivity contribution in [3.63, 3.8) is 0 Å². The first kappa shape index (κ1) is 13.4. The zero-order valence-corrected chi connectivity index (χ0v) is 13.5. The molecule has 0 spiro atoms. The smallest absolute Gasteiger partial charge is 0.0382 e. The van der Waals surface area contributed by atoms with E-state index in [0.29, 0.717) is 17.9 Å². The molecule has 3 aliphatic rings. The van der Waals surface area contributed by atoms with Gasteiger partial charge in [0.15, 0.2) is 0 Å². The van der Waals surface area contributed by atoms with Gasteiger partial charge in [0.2, 0.25) is 0 Å². The number of likely N-dealkylation sites (N-methyl/N-ethyl adjacent to an activating group) is 1. The van der Waals surface area contributed by atoms with Gasteiger partial charge in [-0.15, -0.1) is 0 Å². The Bertz CT molecular complexity index is 778. The lowest BCUT2D eigenvalue weighted by molar-refractivity contribution is 0.247. The summed E-state index contributed by atoms with van der Waals surface area (Å²) in [5.74, 6) is 1.17. The lowest BCUT2D eigenvalue weighted by Gasteiger charge is -2.42. The average molecular weight is 302 g/mol. The normalized spacial score (nSPS) is 28.6. The van der Waals surface area contributed by atoms with Crippen molar-refractivity contribution in [3.8, 4) is 0 Å². The number of hydrogen-bond donors (Lipinski definition) is 1. The first-order valence-electron chi connectivity index (χ1n) is 8.65. The van der Waals surface area contributed by atoms with Crippen LogP contribution in [0.15, 0.2) is 54.6 Å². The number of anilines is 1. The van der Waals surface area contributed by atoms with E-state index in [-0.39, 0.29) is 0 Å². The molecule has 0 amide bonds. The Labute approximate surface area is 137 Å². The summed E-state index contributed by atoms with van der Waals surface area (Å²) in [6, 6.07) is 18.3. The van der Waals surface area contributed by atoms with Crippen molar-refractivity contribution in [2.24, 2.45) is 0 Å². The van der Waals surface area contributed by atoms with Gasteiger partial charge in [0.25, 0.3) is 0 Å².